The van der Waals surface area contributed by atoms with Gasteiger partial charge in [0.2, 0.25) is 0 Å². The Morgan fingerprint density at radius 2 is 2.05 bits per heavy atom. The number of nitrogens with one attached hydrogen (secondary N) is 2. The smallest absolute Gasteiger partial charge is 0.330 e. The van der Waals surface area contributed by atoms with E-state index in [9.17, 15) is 9.59 Å². The molecule has 2 rings (SSSR count). The Bertz CT molecular complexity index is 680. The summed E-state index contributed by atoms with van der Waals surface area (Å²) in [5, 5.41) is 0. The number of hydrogen-bond acceptors (Lipinski definition) is 4. The van der Waals surface area contributed by atoms with E-state index in [1.807, 2.05) is 13.8 Å². The second-order valence-corrected chi connectivity index (χ2v) is 4.89. The van der Waals surface area contributed by atoms with Gasteiger partial charge in [-0.3, -0.25) is 14.3 Å². The molecule has 2 aromatic heterocycles. The van der Waals surface area contributed by atoms with Gasteiger partial charge in [-0.15, -0.1) is 0 Å². The summed E-state index contributed by atoms with van der Waals surface area (Å²) in [6.07, 6.45) is 0.570. The summed E-state index contributed by atoms with van der Waals surface area (Å²) in [5.74, 6) is 0.927. The summed E-state index contributed by atoms with van der Waals surface area (Å²) in [4.78, 5) is 33.2. The van der Waals surface area contributed by atoms with Crippen molar-refractivity contribution in [3.05, 3.63) is 26.7 Å². The van der Waals surface area contributed by atoms with Gasteiger partial charge in [0.1, 0.15) is 11.3 Å². The monoisotopic (exact) mass is 266 g/mol. The van der Waals surface area contributed by atoms with Crippen LogP contribution in [0, 0.1) is 5.92 Å². The first-order valence-corrected chi connectivity index (χ1v) is 6.23. The number of ether oxygens (including phenoxy) is 1. The van der Waals surface area contributed by atoms with E-state index in [1.54, 1.807) is 7.11 Å². The fourth-order valence-electron chi connectivity index (χ4n) is 1.94. The van der Waals surface area contributed by atoms with E-state index in [1.165, 1.54) is 4.57 Å². The number of nitrogens with zero attached hydrogens (tertiary/aromatic N) is 2. The third-order valence-electron chi connectivity index (χ3n) is 2.77. The molecule has 0 aliphatic carbocycles. The number of hydrogen-bond donors (Lipinski definition) is 2. The molecule has 0 aliphatic heterocycles. The third-order valence-corrected chi connectivity index (χ3v) is 2.77. The van der Waals surface area contributed by atoms with Crippen molar-refractivity contribution in [2.75, 3.05) is 13.7 Å². The maximum Gasteiger partial charge on any atom is 0.330 e. The van der Waals surface area contributed by atoms with Gasteiger partial charge in [0.05, 0.1) is 6.61 Å². The van der Waals surface area contributed by atoms with Gasteiger partial charge in [-0.25, -0.2) is 9.78 Å². The van der Waals surface area contributed by atoms with Crippen molar-refractivity contribution in [1.82, 2.24) is 19.5 Å². The highest BCUT2D eigenvalue weighted by molar-refractivity contribution is 5.69. The molecule has 19 heavy (non-hydrogen) atoms. The molecule has 104 valence electrons. The molecule has 2 aromatic rings. The highest BCUT2D eigenvalue weighted by Gasteiger charge is 2.13. The Morgan fingerprint density at radius 1 is 1.32 bits per heavy atom. The van der Waals surface area contributed by atoms with Crippen LogP contribution >= 0.6 is 0 Å². The normalized spacial score (nSPS) is 11.6. The first-order valence-electron chi connectivity index (χ1n) is 6.23. The minimum absolute atomic E-state index is 0.283. The van der Waals surface area contributed by atoms with Crippen LogP contribution in [-0.4, -0.2) is 33.2 Å². The van der Waals surface area contributed by atoms with Gasteiger partial charge in [-0.05, 0) is 5.92 Å². The standard InChI is InChI=1S/C12H18N4O3/c1-7(2)6-16-10-9(11(17)15-12(16)18)13-8(14-10)4-5-19-3/h7H,4-6H2,1-3H3,(H,13,14)(H,15,17,18). The summed E-state index contributed by atoms with van der Waals surface area (Å²) in [6, 6.07) is 0. The number of fused-ring (bicyclic) bond motifs is 1. The van der Waals surface area contributed by atoms with E-state index in [0.717, 1.165) is 0 Å². The van der Waals surface area contributed by atoms with Gasteiger partial charge in [-0.1, -0.05) is 13.8 Å². The Kier molecular flexibility index (Phi) is 3.84. The van der Waals surface area contributed by atoms with Crippen LogP contribution in [0.4, 0.5) is 0 Å². The zero-order chi connectivity index (χ0) is 14.0. The van der Waals surface area contributed by atoms with E-state index < -0.39 is 11.2 Å². The fourth-order valence-corrected chi connectivity index (χ4v) is 1.94. The van der Waals surface area contributed by atoms with Crippen LogP contribution < -0.4 is 11.2 Å². The maximum atomic E-state index is 11.8. The SMILES string of the molecule is COCCc1nc2c([nH]1)c(=O)[nH]c(=O)n2CC(C)C. The van der Waals surface area contributed by atoms with E-state index >= 15 is 0 Å². The molecule has 7 heteroatoms. The lowest BCUT2D eigenvalue weighted by Gasteiger charge is -2.07. The summed E-state index contributed by atoms with van der Waals surface area (Å²) in [7, 11) is 1.60. The number of H-pyrrole nitrogens is 2. The minimum Gasteiger partial charge on any atom is -0.384 e. The molecule has 0 aromatic carbocycles. The van der Waals surface area contributed by atoms with Crippen LogP contribution in [0.3, 0.4) is 0 Å². The van der Waals surface area contributed by atoms with Gasteiger partial charge in [0.25, 0.3) is 5.56 Å². The Morgan fingerprint density at radius 3 is 2.68 bits per heavy atom. The predicted molar refractivity (Wildman–Crippen MR) is 71.4 cm³/mol. The van der Waals surface area contributed by atoms with Crippen LogP contribution in [0.15, 0.2) is 9.59 Å². The molecule has 0 aliphatic rings. The highest BCUT2D eigenvalue weighted by atomic mass is 16.5. The summed E-state index contributed by atoms with van der Waals surface area (Å²) in [6.45, 7) is 5.02. The summed E-state index contributed by atoms with van der Waals surface area (Å²) < 4.78 is 6.47. The molecule has 0 saturated carbocycles. The van der Waals surface area contributed by atoms with Gasteiger partial charge in [0, 0.05) is 20.1 Å². The molecule has 0 atom stereocenters. The topological polar surface area (TPSA) is 92.8 Å². The zero-order valence-electron chi connectivity index (χ0n) is 11.3. The van der Waals surface area contributed by atoms with Crippen molar-refractivity contribution in [3.8, 4) is 0 Å². The Balaban J connectivity index is 2.57. The minimum atomic E-state index is -0.434. The average molecular weight is 266 g/mol. The van der Waals surface area contributed by atoms with Crippen molar-refractivity contribution >= 4 is 11.2 Å². The zero-order valence-corrected chi connectivity index (χ0v) is 11.3. The first kappa shape index (κ1) is 13.5. The molecule has 0 radical (unpaired) electrons. The van der Waals surface area contributed by atoms with Crippen LogP contribution in [0.1, 0.15) is 19.7 Å². The van der Waals surface area contributed by atoms with Gasteiger partial charge >= 0.3 is 5.69 Å². The molecule has 0 unspecified atom stereocenters. The maximum absolute atomic E-state index is 11.8. The fraction of sp³-hybridized carbons (Fsp3) is 0.583. The Hall–Kier alpha value is -1.89. The number of imidazole rings is 1. The van der Waals surface area contributed by atoms with Crippen molar-refractivity contribution in [1.29, 1.82) is 0 Å². The van der Waals surface area contributed by atoms with Crippen LogP contribution in [0.2, 0.25) is 0 Å². The molecule has 2 N–H and O–H groups in total. The molecule has 0 saturated heterocycles. The van der Waals surface area contributed by atoms with Crippen LogP contribution in [0.5, 0.6) is 0 Å². The van der Waals surface area contributed by atoms with Crippen molar-refractivity contribution in [3.63, 3.8) is 0 Å². The van der Waals surface area contributed by atoms with E-state index in [-0.39, 0.29) is 5.92 Å². The van der Waals surface area contributed by atoms with Gasteiger partial charge in [0.15, 0.2) is 5.65 Å². The molecular weight excluding hydrogens is 248 g/mol. The molecule has 2 heterocycles. The lowest BCUT2D eigenvalue weighted by atomic mass is 10.2. The van der Waals surface area contributed by atoms with E-state index in [4.69, 9.17) is 4.74 Å². The second-order valence-electron chi connectivity index (χ2n) is 4.89. The Labute approximate surface area is 109 Å². The molecule has 0 spiro atoms. The second kappa shape index (κ2) is 5.40. The van der Waals surface area contributed by atoms with Crippen molar-refractivity contribution < 1.29 is 4.74 Å². The molecule has 0 amide bonds. The first-order chi connectivity index (χ1) is 9.02. The molecule has 0 fully saturated rings. The summed E-state index contributed by atoms with van der Waals surface area (Å²) >= 11 is 0. The highest BCUT2D eigenvalue weighted by Crippen LogP contribution is 2.07. The number of aromatic nitrogens is 4. The number of aromatic amines is 2. The van der Waals surface area contributed by atoms with Crippen molar-refractivity contribution in [2.24, 2.45) is 5.92 Å². The van der Waals surface area contributed by atoms with Gasteiger partial charge in [-0.2, -0.15) is 0 Å². The van der Waals surface area contributed by atoms with Gasteiger partial charge < -0.3 is 9.72 Å². The number of methoxy groups -OCH3 is 1. The third kappa shape index (κ3) is 2.76. The molecular formula is C12H18N4O3. The predicted octanol–water partition coefficient (Wildman–Crippen LogP) is 0.258. The quantitative estimate of drug-likeness (QED) is 0.811. The lowest BCUT2D eigenvalue weighted by Crippen LogP contribution is -2.31. The number of rotatable bonds is 5. The molecule has 0 bridgehead atoms. The van der Waals surface area contributed by atoms with Crippen molar-refractivity contribution in [2.45, 2.75) is 26.8 Å². The van der Waals surface area contributed by atoms with Crippen LogP contribution in [-0.2, 0) is 17.7 Å². The lowest BCUT2D eigenvalue weighted by molar-refractivity contribution is 0.201. The molecule has 7 nitrogen and oxygen atoms in total. The van der Waals surface area contributed by atoms with E-state index in [2.05, 4.69) is 15.0 Å². The van der Waals surface area contributed by atoms with Crippen LogP contribution in [0.25, 0.3) is 11.2 Å². The largest absolute Gasteiger partial charge is 0.384 e. The summed E-state index contributed by atoms with van der Waals surface area (Å²) in [5.41, 5.74) is -0.105. The van der Waals surface area contributed by atoms with E-state index in [0.29, 0.717) is 36.6 Å². The average Bonchev–Trinajstić information content (AvgIpc) is 2.76.